The van der Waals surface area contributed by atoms with Gasteiger partial charge in [-0.05, 0) is 23.6 Å². The minimum atomic E-state index is 0.0654. The number of anilines is 1. The molecule has 1 aromatic heterocycles. The highest BCUT2D eigenvalue weighted by atomic mass is 79.9. The molecule has 1 heterocycles. The zero-order valence-electron chi connectivity index (χ0n) is 11.9. The molecule has 2 aromatic rings. The maximum Gasteiger partial charge on any atom is 0.185 e. The predicted molar refractivity (Wildman–Crippen MR) is 88.4 cm³/mol. The number of halogens is 1. The molecule has 0 bridgehead atoms. The molecule has 2 rings (SSSR count). The average molecular weight is 355 g/mol. The predicted octanol–water partition coefficient (Wildman–Crippen LogP) is 4.16. The van der Waals surface area contributed by atoms with Crippen LogP contribution < -0.4 is 4.90 Å². The normalized spacial score (nSPS) is 11.1. The minimum absolute atomic E-state index is 0.0654. The van der Waals surface area contributed by atoms with Gasteiger partial charge in [-0.1, -0.05) is 53.2 Å². The van der Waals surface area contributed by atoms with Crippen molar-refractivity contribution >= 4 is 32.4 Å². The minimum Gasteiger partial charge on any atom is -0.391 e. The van der Waals surface area contributed by atoms with E-state index in [4.69, 9.17) is 0 Å². The van der Waals surface area contributed by atoms with Gasteiger partial charge in [0.1, 0.15) is 0 Å². The van der Waals surface area contributed by atoms with Crippen LogP contribution in [0.1, 0.15) is 35.9 Å². The number of hydrogen-bond acceptors (Lipinski definition) is 4. The average Bonchev–Trinajstić information content (AvgIpc) is 2.83. The van der Waals surface area contributed by atoms with Crippen molar-refractivity contribution in [2.75, 3.05) is 11.9 Å². The van der Waals surface area contributed by atoms with Crippen molar-refractivity contribution < 1.29 is 5.11 Å². The van der Waals surface area contributed by atoms with Gasteiger partial charge in [-0.25, -0.2) is 4.98 Å². The summed E-state index contributed by atoms with van der Waals surface area (Å²) in [6.07, 6.45) is 0. The summed E-state index contributed by atoms with van der Waals surface area (Å²) in [5, 5.41) is 10.4. The first-order valence-electron chi connectivity index (χ1n) is 6.57. The van der Waals surface area contributed by atoms with Gasteiger partial charge in [0.25, 0.3) is 0 Å². The van der Waals surface area contributed by atoms with Crippen LogP contribution in [-0.4, -0.2) is 17.1 Å². The Morgan fingerprint density at radius 1 is 1.40 bits per heavy atom. The molecule has 0 atom stereocenters. The summed E-state index contributed by atoms with van der Waals surface area (Å²) in [4.78, 5) is 7.76. The molecule has 0 fully saturated rings. The first kappa shape index (κ1) is 15.5. The SMILES string of the molecule is CC(C)c1nc(N(C)Cc2cccc(Br)c2)sc1CO. The number of aliphatic hydroxyl groups is 1. The number of aliphatic hydroxyl groups excluding tert-OH is 1. The van der Waals surface area contributed by atoms with Crippen LogP contribution in [0.3, 0.4) is 0 Å². The lowest BCUT2D eigenvalue weighted by atomic mass is 10.1. The highest BCUT2D eigenvalue weighted by Crippen LogP contribution is 2.31. The number of rotatable bonds is 5. The Labute approximate surface area is 132 Å². The quantitative estimate of drug-likeness (QED) is 0.875. The van der Waals surface area contributed by atoms with Gasteiger partial charge in [0.2, 0.25) is 0 Å². The number of hydrogen-bond donors (Lipinski definition) is 1. The van der Waals surface area contributed by atoms with Crippen LogP contribution in [0.5, 0.6) is 0 Å². The van der Waals surface area contributed by atoms with E-state index in [-0.39, 0.29) is 6.61 Å². The maximum atomic E-state index is 9.43. The van der Waals surface area contributed by atoms with Crippen LogP contribution in [0.15, 0.2) is 28.7 Å². The summed E-state index contributed by atoms with van der Waals surface area (Å²) in [5.41, 5.74) is 2.24. The third-order valence-corrected chi connectivity index (χ3v) is 4.71. The van der Waals surface area contributed by atoms with Crippen molar-refractivity contribution in [3.8, 4) is 0 Å². The molecule has 1 N–H and O–H groups in total. The molecule has 0 amide bonds. The molecule has 0 spiro atoms. The highest BCUT2D eigenvalue weighted by Gasteiger charge is 2.16. The van der Waals surface area contributed by atoms with Gasteiger partial charge in [-0.15, -0.1) is 0 Å². The molecule has 1 aromatic carbocycles. The largest absolute Gasteiger partial charge is 0.391 e. The van der Waals surface area contributed by atoms with E-state index in [0.29, 0.717) is 5.92 Å². The first-order valence-corrected chi connectivity index (χ1v) is 8.18. The Hall–Kier alpha value is -0.910. The fraction of sp³-hybridized carbons (Fsp3) is 0.400. The van der Waals surface area contributed by atoms with E-state index >= 15 is 0 Å². The fourth-order valence-corrected chi connectivity index (χ4v) is 3.54. The smallest absolute Gasteiger partial charge is 0.185 e. The Morgan fingerprint density at radius 3 is 2.70 bits per heavy atom. The zero-order chi connectivity index (χ0) is 14.7. The van der Waals surface area contributed by atoms with Crippen LogP contribution >= 0.6 is 27.3 Å². The van der Waals surface area contributed by atoms with Crippen molar-refractivity contribution in [3.63, 3.8) is 0 Å². The number of nitrogens with zero attached hydrogens (tertiary/aromatic N) is 2. The molecule has 3 nitrogen and oxygen atoms in total. The van der Waals surface area contributed by atoms with E-state index in [1.165, 1.54) is 5.56 Å². The van der Waals surface area contributed by atoms with Crippen LogP contribution in [0, 0.1) is 0 Å². The van der Waals surface area contributed by atoms with Crippen molar-refractivity contribution in [3.05, 3.63) is 44.9 Å². The van der Waals surface area contributed by atoms with Crippen molar-refractivity contribution in [2.45, 2.75) is 32.9 Å². The molecule has 0 aliphatic rings. The van der Waals surface area contributed by atoms with E-state index in [1.54, 1.807) is 11.3 Å². The molecule has 0 radical (unpaired) electrons. The van der Waals surface area contributed by atoms with Gasteiger partial charge < -0.3 is 10.0 Å². The molecule has 0 saturated heterocycles. The maximum absolute atomic E-state index is 9.43. The monoisotopic (exact) mass is 354 g/mol. The van der Waals surface area contributed by atoms with Crippen molar-refractivity contribution in [1.82, 2.24) is 4.98 Å². The summed E-state index contributed by atoms with van der Waals surface area (Å²) in [5.74, 6) is 0.335. The van der Waals surface area contributed by atoms with Gasteiger partial charge in [0, 0.05) is 18.1 Å². The summed E-state index contributed by atoms with van der Waals surface area (Å²) < 4.78 is 1.08. The second-order valence-corrected chi connectivity index (χ2v) is 7.08. The van der Waals surface area contributed by atoms with Gasteiger partial charge in [-0.2, -0.15) is 0 Å². The number of thiazole rings is 1. The van der Waals surface area contributed by atoms with Gasteiger partial charge in [-0.3, -0.25) is 0 Å². The van der Waals surface area contributed by atoms with E-state index in [1.807, 2.05) is 19.2 Å². The van der Waals surface area contributed by atoms with Gasteiger partial charge in [0.15, 0.2) is 5.13 Å². The molecule has 0 aliphatic heterocycles. The van der Waals surface area contributed by atoms with Crippen molar-refractivity contribution in [2.24, 2.45) is 0 Å². The summed E-state index contributed by atoms with van der Waals surface area (Å²) >= 11 is 5.06. The van der Waals surface area contributed by atoms with E-state index in [9.17, 15) is 5.11 Å². The lowest BCUT2D eigenvalue weighted by Crippen LogP contribution is -2.16. The van der Waals surface area contributed by atoms with E-state index < -0.39 is 0 Å². The van der Waals surface area contributed by atoms with Crippen LogP contribution in [-0.2, 0) is 13.2 Å². The molecule has 108 valence electrons. The van der Waals surface area contributed by atoms with Crippen LogP contribution in [0.25, 0.3) is 0 Å². The fourth-order valence-electron chi connectivity index (χ4n) is 2.06. The lowest BCUT2D eigenvalue weighted by Gasteiger charge is -2.16. The number of aromatic nitrogens is 1. The van der Waals surface area contributed by atoms with E-state index in [0.717, 1.165) is 26.7 Å². The summed E-state index contributed by atoms with van der Waals surface area (Å²) in [7, 11) is 2.03. The molecule has 0 saturated carbocycles. The van der Waals surface area contributed by atoms with Gasteiger partial charge in [0.05, 0.1) is 17.2 Å². The molecule has 0 unspecified atom stereocenters. The summed E-state index contributed by atoms with van der Waals surface area (Å²) in [6.45, 7) is 5.07. The molecular formula is C15H19BrN2OS. The Bertz CT molecular complexity index is 583. The summed E-state index contributed by atoms with van der Waals surface area (Å²) in [6, 6.07) is 8.27. The third kappa shape index (κ3) is 3.59. The second kappa shape index (κ2) is 6.70. The molecular weight excluding hydrogens is 336 g/mol. The van der Waals surface area contributed by atoms with Crippen molar-refractivity contribution in [1.29, 1.82) is 0 Å². The Balaban J connectivity index is 2.19. The first-order chi connectivity index (χ1) is 9.51. The lowest BCUT2D eigenvalue weighted by molar-refractivity contribution is 0.283. The van der Waals surface area contributed by atoms with Gasteiger partial charge >= 0.3 is 0 Å². The number of benzene rings is 1. The molecule has 20 heavy (non-hydrogen) atoms. The standard InChI is InChI=1S/C15H19BrN2OS/c1-10(2)14-13(9-19)20-15(17-14)18(3)8-11-5-4-6-12(16)7-11/h4-7,10,19H,8-9H2,1-3H3. The Kier molecular flexibility index (Phi) is 5.18. The zero-order valence-corrected chi connectivity index (χ0v) is 14.3. The molecule has 0 aliphatic carbocycles. The second-order valence-electron chi connectivity index (χ2n) is 5.10. The van der Waals surface area contributed by atoms with Crippen LogP contribution in [0.2, 0.25) is 0 Å². The van der Waals surface area contributed by atoms with Crippen LogP contribution in [0.4, 0.5) is 5.13 Å². The molecule has 5 heteroatoms. The highest BCUT2D eigenvalue weighted by molar-refractivity contribution is 9.10. The van der Waals surface area contributed by atoms with E-state index in [2.05, 4.69) is 51.8 Å². The topological polar surface area (TPSA) is 36.4 Å². The Morgan fingerprint density at radius 2 is 2.15 bits per heavy atom. The third-order valence-electron chi connectivity index (χ3n) is 3.04.